The van der Waals surface area contributed by atoms with Gasteiger partial charge in [-0.3, -0.25) is 14.8 Å². The van der Waals surface area contributed by atoms with Crippen molar-refractivity contribution in [2.75, 3.05) is 10.2 Å². The number of urea groups is 1. The summed E-state index contributed by atoms with van der Waals surface area (Å²) in [7, 11) is 0. The van der Waals surface area contributed by atoms with E-state index in [2.05, 4.69) is 87.1 Å². The third kappa shape index (κ3) is 5.47. The third-order valence-corrected chi connectivity index (χ3v) is 8.43. The number of nitrogens with zero attached hydrogens (tertiary/aromatic N) is 5. The second-order valence-electron chi connectivity index (χ2n) is 12.5. The van der Waals surface area contributed by atoms with Crippen molar-refractivity contribution < 1.29 is 9.53 Å². The highest BCUT2D eigenvalue weighted by molar-refractivity contribution is 5.88. The van der Waals surface area contributed by atoms with Crippen LogP contribution < -0.4 is 20.3 Å². The topological polar surface area (TPSA) is 112 Å². The molecule has 0 radical (unpaired) electrons. The molecule has 1 aliphatic heterocycles. The molecular weight excluding hydrogens is 516 g/mol. The lowest BCUT2D eigenvalue weighted by molar-refractivity contribution is 0.171. The highest BCUT2D eigenvalue weighted by Gasteiger charge is 2.31. The largest absolute Gasteiger partial charge is 0.484 e. The number of carbonyl (C=O) groups is 1. The van der Waals surface area contributed by atoms with Crippen molar-refractivity contribution in [3.8, 4) is 5.75 Å². The Balaban J connectivity index is 1.18. The van der Waals surface area contributed by atoms with Gasteiger partial charge in [-0.15, -0.1) is 10.2 Å². The first kappa shape index (κ1) is 27.1. The molecule has 0 saturated carbocycles. The van der Waals surface area contributed by atoms with Gasteiger partial charge in [0.15, 0.2) is 11.5 Å². The van der Waals surface area contributed by atoms with Crippen LogP contribution in [0.4, 0.5) is 16.6 Å². The quantitative estimate of drug-likeness (QED) is 0.266. The van der Waals surface area contributed by atoms with Crippen molar-refractivity contribution in [1.29, 1.82) is 0 Å². The van der Waals surface area contributed by atoms with E-state index in [0.717, 1.165) is 59.8 Å². The van der Waals surface area contributed by atoms with Gasteiger partial charge in [-0.1, -0.05) is 45.0 Å². The number of benzene rings is 1. The molecule has 4 heterocycles. The van der Waals surface area contributed by atoms with Gasteiger partial charge in [0, 0.05) is 29.3 Å². The summed E-state index contributed by atoms with van der Waals surface area (Å²) < 4.78 is 8.65. The van der Waals surface area contributed by atoms with Gasteiger partial charge in [-0.2, -0.15) is 5.10 Å². The monoisotopic (exact) mass is 556 g/mol. The number of rotatable bonds is 5. The Bertz CT molecular complexity index is 1530. The van der Waals surface area contributed by atoms with Crippen molar-refractivity contribution in [2.24, 2.45) is 0 Å². The summed E-state index contributed by atoms with van der Waals surface area (Å²) in [5.41, 5.74) is 3.85. The normalized spacial score (nSPS) is 22.8. The molecule has 0 bridgehead atoms. The van der Waals surface area contributed by atoms with E-state index in [4.69, 9.17) is 4.74 Å². The number of carbonyl (C=O) groups excluding carboxylic acids is 1. The summed E-state index contributed by atoms with van der Waals surface area (Å²) in [6.07, 6.45) is 6.96. The van der Waals surface area contributed by atoms with E-state index < -0.39 is 0 Å². The van der Waals surface area contributed by atoms with Gasteiger partial charge in [0.05, 0.1) is 12.2 Å². The van der Waals surface area contributed by atoms with E-state index in [1.807, 2.05) is 36.5 Å². The van der Waals surface area contributed by atoms with Crippen molar-refractivity contribution in [3.05, 3.63) is 65.5 Å². The van der Waals surface area contributed by atoms with E-state index in [9.17, 15) is 4.79 Å². The second-order valence-corrected chi connectivity index (χ2v) is 12.5. The zero-order valence-electron chi connectivity index (χ0n) is 24.5. The molecule has 1 aromatic carbocycles. The molecule has 1 fully saturated rings. The molecule has 2 amide bonds. The number of aromatic amines is 1. The van der Waals surface area contributed by atoms with Crippen LogP contribution in [-0.4, -0.2) is 42.9 Å². The Morgan fingerprint density at radius 1 is 1.00 bits per heavy atom. The number of ether oxygens (including phenoxy) is 1. The number of fused-ring (bicyclic) bond motifs is 2. The van der Waals surface area contributed by atoms with Crippen LogP contribution in [0.3, 0.4) is 0 Å². The lowest BCUT2D eigenvalue weighted by atomic mass is 9.85. The smallest absolute Gasteiger partial charge is 0.320 e. The molecule has 1 saturated heterocycles. The lowest BCUT2D eigenvalue weighted by Crippen LogP contribution is -2.44. The number of anilines is 2. The van der Waals surface area contributed by atoms with E-state index >= 15 is 0 Å². The Morgan fingerprint density at radius 2 is 1.76 bits per heavy atom. The highest BCUT2D eigenvalue weighted by atomic mass is 16.5. The maximum atomic E-state index is 12.9. The van der Waals surface area contributed by atoms with E-state index in [1.165, 1.54) is 6.42 Å². The van der Waals surface area contributed by atoms with Crippen LogP contribution in [0.1, 0.15) is 95.7 Å². The fourth-order valence-corrected chi connectivity index (χ4v) is 6.19. The predicted molar refractivity (Wildman–Crippen MR) is 159 cm³/mol. The molecule has 0 spiro atoms. The number of H-pyrrole nitrogens is 1. The summed E-state index contributed by atoms with van der Waals surface area (Å²) >= 11 is 0. The molecule has 4 aromatic rings. The van der Waals surface area contributed by atoms with Gasteiger partial charge in [0.2, 0.25) is 5.95 Å². The Labute approximate surface area is 240 Å². The molecule has 216 valence electrons. The highest BCUT2D eigenvalue weighted by Crippen LogP contribution is 2.39. The molecule has 41 heavy (non-hydrogen) atoms. The van der Waals surface area contributed by atoms with Crippen molar-refractivity contribution in [1.82, 2.24) is 30.1 Å². The number of piperidine rings is 1. The minimum atomic E-state index is -0.275. The summed E-state index contributed by atoms with van der Waals surface area (Å²) in [4.78, 5) is 15.3. The molecule has 10 nitrogen and oxygen atoms in total. The number of hydrogen-bond acceptors (Lipinski definition) is 6. The molecule has 1 aliphatic carbocycles. The van der Waals surface area contributed by atoms with Crippen molar-refractivity contribution >= 4 is 23.4 Å². The van der Waals surface area contributed by atoms with Crippen LogP contribution in [0, 0.1) is 0 Å². The first-order valence-electron chi connectivity index (χ1n) is 14.7. The van der Waals surface area contributed by atoms with Crippen LogP contribution in [0.25, 0.3) is 5.65 Å². The number of pyridine rings is 1. The van der Waals surface area contributed by atoms with Crippen LogP contribution in [-0.2, 0) is 5.41 Å². The SMILES string of the molecule is CC1CCCC(C)N1c1nnc2ccc(OC3CCC(NC(=O)Nc4cc(C(C)(C)C)[nH]n4)c4ccccc43)cn12. The predicted octanol–water partition coefficient (Wildman–Crippen LogP) is 6.29. The number of aromatic nitrogens is 5. The summed E-state index contributed by atoms with van der Waals surface area (Å²) in [6, 6.07) is 14.4. The van der Waals surface area contributed by atoms with Crippen LogP contribution >= 0.6 is 0 Å². The molecule has 4 unspecified atom stereocenters. The first-order valence-corrected chi connectivity index (χ1v) is 14.7. The average molecular weight is 557 g/mol. The second kappa shape index (κ2) is 10.7. The van der Waals surface area contributed by atoms with Gasteiger partial charge < -0.3 is 15.0 Å². The number of nitrogens with one attached hydrogen (secondary N) is 3. The molecule has 3 N–H and O–H groups in total. The van der Waals surface area contributed by atoms with Gasteiger partial charge in [-0.25, -0.2) is 4.79 Å². The van der Waals surface area contributed by atoms with Crippen LogP contribution in [0.15, 0.2) is 48.7 Å². The molecule has 3 aromatic heterocycles. The maximum absolute atomic E-state index is 12.9. The van der Waals surface area contributed by atoms with Crippen LogP contribution in [0.5, 0.6) is 5.75 Å². The fraction of sp³-hybridized carbons (Fsp3) is 0.484. The zero-order valence-corrected chi connectivity index (χ0v) is 24.5. The molecular formula is C31H40N8O2. The van der Waals surface area contributed by atoms with Gasteiger partial charge in [0.25, 0.3) is 0 Å². The van der Waals surface area contributed by atoms with Crippen LogP contribution in [0.2, 0.25) is 0 Å². The maximum Gasteiger partial charge on any atom is 0.320 e. The average Bonchev–Trinajstić information content (AvgIpc) is 3.57. The Hall–Kier alpha value is -4.08. The van der Waals surface area contributed by atoms with Crippen molar-refractivity contribution in [3.63, 3.8) is 0 Å². The molecule has 6 rings (SSSR count). The fourth-order valence-electron chi connectivity index (χ4n) is 6.19. The van der Waals surface area contributed by atoms with E-state index in [1.54, 1.807) is 0 Å². The van der Waals surface area contributed by atoms with E-state index in [-0.39, 0.29) is 23.6 Å². The van der Waals surface area contributed by atoms with Gasteiger partial charge in [0.1, 0.15) is 11.9 Å². The first-order chi connectivity index (χ1) is 19.7. The van der Waals surface area contributed by atoms with Gasteiger partial charge in [-0.05, 0) is 69.2 Å². The molecule has 10 heteroatoms. The lowest BCUT2D eigenvalue weighted by Gasteiger charge is -2.39. The Morgan fingerprint density at radius 3 is 2.49 bits per heavy atom. The molecule has 4 atom stereocenters. The summed E-state index contributed by atoms with van der Waals surface area (Å²) in [5, 5.41) is 22.3. The minimum Gasteiger partial charge on any atom is -0.484 e. The minimum absolute atomic E-state index is 0.0778. The number of hydrogen-bond donors (Lipinski definition) is 3. The zero-order chi connectivity index (χ0) is 28.7. The van der Waals surface area contributed by atoms with E-state index in [0.29, 0.717) is 17.9 Å². The Kier molecular flexibility index (Phi) is 7.09. The molecule has 2 aliphatic rings. The van der Waals surface area contributed by atoms with Crippen molar-refractivity contribution in [2.45, 2.75) is 96.4 Å². The van der Waals surface area contributed by atoms with Gasteiger partial charge >= 0.3 is 6.03 Å². The summed E-state index contributed by atoms with van der Waals surface area (Å²) in [5.74, 6) is 2.15. The summed E-state index contributed by atoms with van der Waals surface area (Å²) in [6.45, 7) is 10.8. The number of amides is 2. The third-order valence-electron chi connectivity index (χ3n) is 8.43. The standard InChI is InChI=1S/C31H40N8O2/c1-19-9-8-10-20(2)39(19)30-37-36-28-16-13-21(18-38(28)30)41-25-15-14-24(22-11-6-7-12-23(22)25)32-29(40)33-27-17-26(34-35-27)31(3,4)5/h6-7,11-13,16-20,24-25H,8-10,14-15H2,1-5H3,(H3,32,33,34,35,40).